The number of aromatic nitrogens is 5. The van der Waals surface area contributed by atoms with Crippen LogP contribution in [0.1, 0.15) is 106 Å². The first kappa shape index (κ1) is 43.2. The Hall–Kier alpha value is -5.43. The van der Waals surface area contributed by atoms with Crippen LogP contribution in [0.15, 0.2) is 42.1 Å². The molecule has 4 amide bonds. The molecular weight excluding hydrogens is 835 g/mol. The third-order valence-corrected chi connectivity index (χ3v) is 15.7. The van der Waals surface area contributed by atoms with Crippen LogP contribution >= 0.6 is 11.3 Å². The molecule has 4 aliphatic rings. The van der Waals surface area contributed by atoms with E-state index in [4.69, 9.17) is 19.4 Å². The molecular formula is C43H53N9O8S2. The van der Waals surface area contributed by atoms with Gasteiger partial charge in [-0.05, 0) is 70.4 Å². The number of fused-ring (bicyclic) bond motifs is 3. The Bertz CT molecular complexity index is 2570. The van der Waals surface area contributed by atoms with Gasteiger partial charge < -0.3 is 25.0 Å². The van der Waals surface area contributed by atoms with Gasteiger partial charge in [0.2, 0.25) is 27.7 Å². The van der Waals surface area contributed by atoms with Crippen LogP contribution in [0.5, 0.6) is 11.5 Å². The Morgan fingerprint density at radius 1 is 1.10 bits per heavy atom. The smallest absolute Gasteiger partial charge is 0.289 e. The maximum absolute atomic E-state index is 14.9. The lowest BCUT2D eigenvalue weighted by molar-refractivity contribution is -0.141. The number of pyridine rings is 1. The number of carbonyl (C=O) groups excluding carboxylic acids is 4. The molecule has 62 heavy (non-hydrogen) atoms. The van der Waals surface area contributed by atoms with Gasteiger partial charge in [0.25, 0.3) is 11.8 Å². The van der Waals surface area contributed by atoms with E-state index in [9.17, 15) is 27.6 Å². The number of thiazole rings is 1. The van der Waals surface area contributed by atoms with Crippen molar-refractivity contribution in [3.63, 3.8) is 0 Å². The summed E-state index contributed by atoms with van der Waals surface area (Å²) in [6.07, 6.45) is 8.49. The average molecular weight is 888 g/mol. The van der Waals surface area contributed by atoms with Crippen LogP contribution in [0.3, 0.4) is 0 Å². The van der Waals surface area contributed by atoms with Crippen molar-refractivity contribution < 1.29 is 37.1 Å². The Kier molecular flexibility index (Phi) is 11.6. The summed E-state index contributed by atoms with van der Waals surface area (Å²) in [5, 5.41) is 13.2. The molecule has 0 radical (unpaired) electrons. The molecule has 2 aliphatic heterocycles. The molecule has 330 valence electrons. The van der Waals surface area contributed by atoms with Crippen molar-refractivity contribution in [2.45, 2.75) is 120 Å². The quantitative estimate of drug-likeness (QED) is 0.188. The number of benzene rings is 1. The standard InChI is InChI=1S/C43H53N9O8S2/c1-24(2)31-22-61-39(48-31)30-19-34(28-14-15-33(59-6)25(3)35(28)46-30)60-27-18-32-37(53)49-43(41(56)50-62(57,58)42(4)16-17-42)20-26(43)12-10-8-7-9-11-13-29(40(55)52(32)21-27)47-38(54)36-44-23-45-51(36)5/h10,12,14-15,19,22-24,26-27,29,32H,7-9,11,13,16-18,20-21H2,1-6H3,(H,47,54)(H,49,53)(H,50,56)/b12-10-/t26-,27?,29+,32+,43-/m1/s1. The zero-order valence-electron chi connectivity index (χ0n) is 35.8. The third-order valence-electron chi connectivity index (χ3n) is 12.7. The first-order valence-corrected chi connectivity index (χ1v) is 23.5. The van der Waals surface area contributed by atoms with Crippen molar-refractivity contribution in [1.82, 2.24) is 45.0 Å². The minimum Gasteiger partial charge on any atom is -0.496 e. The molecule has 8 rings (SSSR count). The van der Waals surface area contributed by atoms with Crippen molar-refractivity contribution in [1.29, 1.82) is 0 Å². The lowest BCUT2D eigenvalue weighted by Crippen LogP contribution is -2.58. The van der Waals surface area contributed by atoms with E-state index >= 15 is 0 Å². The number of hydrogen-bond donors (Lipinski definition) is 3. The molecule has 19 heteroatoms. The zero-order valence-corrected chi connectivity index (χ0v) is 37.4. The molecule has 4 aromatic rings. The summed E-state index contributed by atoms with van der Waals surface area (Å²) in [6.45, 7) is 7.61. The Morgan fingerprint density at radius 2 is 1.89 bits per heavy atom. The number of nitrogens with zero attached hydrogens (tertiary/aromatic N) is 6. The molecule has 17 nitrogen and oxygen atoms in total. The number of sulfonamides is 1. The number of allylic oxidation sites excluding steroid dienone is 1. The van der Waals surface area contributed by atoms with Gasteiger partial charge in [0.05, 0.1) is 29.6 Å². The summed E-state index contributed by atoms with van der Waals surface area (Å²) in [6, 6.07) is 3.33. The largest absolute Gasteiger partial charge is 0.496 e. The van der Waals surface area contributed by atoms with Gasteiger partial charge in [0, 0.05) is 41.8 Å². The average Bonchev–Trinajstić information content (AvgIpc) is 3.86. The highest BCUT2D eigenvalue weighted by molar-refractivity contribution is 7.91. The van der Waals surface area contributed by atoms with E-state index in [1.807, 2.05) is 42.7 Å². The second-order valence-electron chi connectivity index (χ2n) is 17.5. The molecule has 5 heterocycles. The van der Waals surface area contributed by atoms with Crippen LogP contribution in [-0.2, 0) is 31.5 Å². The molecule has 1 unspecified atom stereocenters. The van der Waals surface area contributed by atoms with Crippen LogP contribution in [0.2, 0.25) is 0 Å². The predicted molar refractivity (Wildman–Crippen MR) is 231 cm³/mol. The van der Waals surface area contributed by atoms with Crippen LogP contribution < -0.4 is 24.8 Å². The van der Waals surface area contributed by atoms with E-state index in [2.05, 4.69) is 39.3 Å². The maximum atomic E-state index is 14.9. The minimum atomic E-state index is -4.02. The van der Waals surface area contributed by atoms with Gasteiger partial charge in [-0.15, -0.1) is 11.3 Å². The summed E-state index contributed by atoms with van der Waals surface area (Å²) in [7, 11) is -0.851. The highest BCUT2D eigenvalue weighted by atomic mass is 32.2. The Balaban J connectivity index is 1.15. The highest BCUT2D eigenvalue weighted by Gasteiger charge is 2.63. The van der Waals surface area contributed by atoms with Crippen LogP contribution in [-0.4, -0.2) is 104 Å². The van der Waals surface area contributed by atoms with E-state index in [1.165, 1.54) is 27.2 Å². The molecule has 2 aliphatic carbocycles. The number of nitrogens with one attached hydrogen (secondary N) is 3. The molecule has 2 saturated carbocycles. The van der Waals surface area contributed by atoms with Crippen molar-refractivity contribution >= 4 is 55.9 Å². The third kappa shape index (κ3) is 8.27. The number of hydrogen-bond acceptors (Lipinski definition) is 13. The molecule has 0 bridgehead atoms. The lowest BCUT2D eigenvalue weighted by Gasteiger charge is -2.30. The summed E-state index contributed by atoms with van der Waals surface area (Å²) < 4.78 is 41.6. The van der Waals surface area contributed by atoms with Gasteiger partial charge in [-0.1, -0.05) is 38.8 Å². The van der Waals surface area contributed by atoms with E-state index in [0.29, 0.717) is 65.2 Å². The normalized spacial score (nSPS) is 25.5. The summed E-state index contributed by atoms with van der Waals surface area (Å²) in [5.74, 6) is -1.66. The lowest BCUT2D eigenvalue weighted by atomic mass is 10.0. The molecule has 1 saturated heterocycles. The zero-order chi connectivity index (χ0) is 44.1. The minimum absolute atomic E-state index is 0.0199. The summed E-state index contributed by atoms with van der Waals surface area (Å²) in [5.41, 5.74) is 1.41. The fourth-order valence-corrected chi connectivity index (χ4v) is 10.6. The van der Waals surface area contributed by atoms with E-state index < -0.39 is 68.0 Å². The summed E-state index contributed by atoms with van der Waals surface area (Å²) >= 11 is 1.47. The molecule has 1 aromatic carbocycles. The van der Waals surface area contributed by atoms with Gasteiger partial charge in [-0.3, -0.25) is 23.9 Å². The van der Waals surface area contributed by atoms with Gasteiger partial charge in [-0.2, -0.15) is 5.10 Å². The van der Waals surface area contributed by atoms with Crippen LogP contribution in [0.4, 0.5) is 0 Å². The molecule has 0 spiro atoms. The molecule has 3 aromatic heterocycles. The van der Waals surface area contributed by atoms with Crippen molar-refractivity contribution in [2.24, 2.45) is 13.0 Å². The van der Waals surface area contributed by atoms with Crippen LogP contribution in [0.25, 0.3) is 21.6 Å². The molecule has 3 fully saturated rings. The van der Waals surface area contributed by atoms with Crippen molar-refractivity contribution in [3.8, 4) is 22.2 Å². The number of ether oxygens (including phenoxy) is 2. The Labute approximate surface area is 364 Å². The van der Waals surface area contributed by atoms with Crippen molar-refractivity contribution in [3.05, 3.63) is 59.1 Å². The summed E-state index contributed by atoms with van der Waals surface area (Å²) in [4.78, 5) is 72.5. The number of rotatable bonds is 10. The van der Waals surface area contributed by atoms with Crippen LogP contribution in [0, 0.1) is 12.8 Å². The van der Waals surface area contributed by atoms with Gasteiger partial charge >= 0.3 is 0 Å². The predicted octanol–water partition coefficient (Wildman–Crippen LogP) is 4.47. The first-order chi connectivity index (χ1) is 29.5. The topological polar surface area (TPSA) is 217 Å². The number of aryl methyl sites for hydroxylation is 2. The van der Waals surface area contributed by atoms with E-state index in [1.54, 1.807) is 21.1 Å². The maximum Gasteiger partial charge on any atom is 0.289 e. The fourth-order valence-electron chi connectivity index (χ4n) is 8.33. The fraction of sp³-hybridized carbons (Fsp3) is 0.535. The van der Waals surface area contributed by atoms with E-state index in [-0.39, 0.29) is 31.1 Å². The molecule has 3 N–H and O–H groups in total. The number of methoxy groups -OCH3 is 1. The SMILES string of the molecule is COc1ccc2c(OC3C[C@H]4C(=O)N[C@]5(C(=O)NS(=O)(=O)C6(C)CC6)C[C@H]5/C=C\CCCCC[C@H](NC(=O)c5ncnn5C)C(=O)N4C3)cc(-c3nc(C(C)C)cs3)nc2c1C. The van der Waals surface area contributed by atoms with E-state index in [0.717, 1.165) is 24.1 Å². The van der Waals surface area contributed by atoms with Gasteiger partial charge in [-0.25, -0.2) is 28.1 Å². The first-order valence-electron chi connectivity index (χ1n) is 21.2. The van der Waals surface area contributed by atoms with Gasteiger partial charge in [0.1, 0.15) is 52.3 Å². The molecule has 5 atom stereocenters. The Morgan fingerprint density at radius 3 is 2.58 bits per heavy atom. The van der Waals surface area contributed by atoms with Gasteiger partial charge in [0.15, 0.2) is 0 Å². The number of carbonyl (C=O) groups is 4. The highest BCUT2D eigenvalue weighted by Crippen LogP contribution is 2.48. The van der Waals surface area contributed by atoms with Crippen molar-refractivity contribution in [2.75, 3.05) is 13.7 Å². The second-order valence-corrected chi connectivity index (χ2v) is 20.5. The second kappa shape index (κ2) is 16.7. The monoisotopic (exact) mass is 887 g/mol. The number of amides is 4.